The number of esters is 2. The van der Waals surface area contributed by atoms with Gasteiger partial charge in [-0.15, -0.1) is 0 Å². The van der Waals surface area contributed by atoms with E-state index >= 15 is 0 Å². The number of rotatable bonds is 16. The van der Waals surface area contributed by atoms with Gasteiger partial charge in [0.05, 0.1) is 25.4 Å². The first-order valence-electron chi connectivity index (χ1n) is 12.4. The maximum absolute atomic E-state index is 12.4. The number of hydrogen-bond acceptors (Lipinski definition) is 7. The molecule has 1 atom stereocenters. The van der Waals surface area contributed by atoms with Gasteiger partial charge >= 0.3 is 18.1 Å². The molecule has 2 rings (SSSR count). The molecule has 0 amide bonds. The first kappa shape index (κ1) is 30.9. The van der Waals surface area contributed by atoms with Crippen LogP contribution in [0.15, 0.2) is 54.6 Å². The third-order valence-corrected chi connectivity index (χ3v) is 5.14. The predicted octanol–water partition coefficient (Wildman–Crippen LogP) is 6.10. The Kier molecular flexibility index (Phi) is 13.4. The molecule has 10 heteroatoms. The quantitative estimate of drug-likeness (QED) is 0.120. The van der Waals surface area contributed by atoms with Crippen LogP contribution in [-0.4, -0.2) is 49.3 Å². The summed E-state index contributed by atoms with van der Waals surface area (Å²) in [5, 5.41) is 9.93. The number of alkyl halides is 3. The van der Waals surface area contributed by atoms with Crippen molar-refractivity contribution >= 4 is 18.0 Å². The summed E-state index contributed by atoms with van der Waals surface area (Å²) in [7, 11) is 0. The van der Waals surface area contributed by atoms with Crippen LogP contribution < -0.4 is 9.47 Å². The van der Waals surface area contributed by atoms with Crippen LogP contribution in [-0.2, 0) is 14.3 Å². The fraction of sp³-hybridized carbons (Fsp3) is 0.429. The first-order chi connectivity index (χ1) is 18.1. The Bertz CT molecular complexity index is 1000. The zero-order valence-corrected chi connectivity index (χ0v) is 21.2. The second-order valence-corrected chi connectivity index (χ2v) is 8.42. The van der Waals surface area contributed by atoms with Crippen molar-refractivity contribution in [1.29, 1.82) is 0 Å². The molecule has 0 aliphatic carbocycles. The molecule has 7 nitrogen and oxygen atoms in total. The Morgan fingerprint density at radius 3 is 2.13 bits per heavy atom. The van der Waals surface area contributed by atoms with Crippen molar-refractivity contribution in [3.8, 4) is 11.5 Å². The summed E-state index contributed by atoms with van der Waals surface area (Å²) < 4.78 is 57.3. The van der Waals surface area contributed by atoms with Gasteiger partial charge in [0, 0.05) is 13.3 Å². The molecule has 2 aromatic rings. The van der Waals surface area contributed by atoms with Crippen molar-refractivity contribution in [1.82, 2.24) is 0 Å². The van der Waals surface area contributed by atoms with Crippen LogP contribution in [0.3, 0.4) is 0 Å². The smallest absolute Gasteiger partial charge is 0.389 e. The molecule has 0 heterocycles. The molecule has 0 saturated heterocycles. The van der Waals surface area contributed by atoms with Crippen LogP contribution in [0.5, 0.6) is 11.5 Å². The molecular weight excluding hydrogens is 505 g/mol. The standard InChI is InChI=1S/C28H33F3O7/c1-21(32)35-18-4-2-3-5-19-37-26(33)16-9-22-7-12-25(13-8-22)38-27(34)23-10-14-24(15-11-23)36-20-6-17-28(29,30)31/h7-16,26,33H,2-6,17-20H2,1H3/b16-9+. The van der Waals surface area contributed by atoms with Crippen LogP contribution in [0.1, 0.15) is 61.4 Å². The van der Waals surface area contributed by atoms with Gasteiger partial charge in [-0.1, -0.05) is 24.6 Å². The van der Waals surface area contributed by atoms with Crippen molar-refractivity contribution in [3.05, 3.63) is 65.7 Å². The molecular formula is C28H33F3O7. The number of ether oxygens (including phenoxy) is 4. The highest BCUT2D eigenvalue weighted by atomic mass is 19.4. The predicted molar refractivity (Wildman–Crippen MR) is 135 cm³/mol. The monoisotopic (exact) mass is 538 g/mol. The van der Waals surface area contributed by atoms with Crippen LogP contribution in [0.25, 0.3) is 6.08 Å². The highest BCUT2D eigenvalue weighted by Gasteiger charge is 2.26. The highest BCUT2D eigenvalue weighted by molar-refractivity contribution is 5.91. The average molecular weight is 539 g/mol. The van der Waals surface area contributed by atoms with Crippen molar-refractivity contribution in [2.75, 3.05) is 19.8 Å². The number of benzene rings is 2. The number of unbranched alkanes of at least 4 members (excludes halogenated alkanes) is 3. The van der Waals surface area contributed by atoms with Crippen molar-refractivity contribution in [3.63, 3.8) is 0 Å². The molecule has 0 saturated carbocycles. The van der Waals surface area contributed by atoms with Gasteiger partial charge in [0.25, 0.3) is 0 Å². The fourth-order valence-electron chi connectivity index (χ4n) is 3.19. The van der Waals surface area contributed by atoms with E-state index in [1.54, 1.807) is 30.3 Å². The topological polar surface area (TPSA) is 91.3 Å². The van der Waals surface area contributed by atoms with Gasteiger partial charge in [0.15, 0.2) is 6.29 Å². The van der Waals surface area contributed by atoms with E-state index in [0.717, 1.165) is 31.2 Å². The number of halogens is 3. The van der Waals surface area contributed by atoms with Gasteiger partial charge in [-0.3, -0.25) is 4.79 Å². The molecule has 208 valence electrons. The highest BCUT2D eigenvalue weighted by Crippen LogP contribution is 2.22. The molecule has 0 bridgehead atoms. The first-order valence-corrected chi connectivity index (χ1v) is 12.4. The second kappa shape index (κ2) is 16.5. The van der Waals surface area contributed by atoms with Crippen molar-refractivity contribution in [2.24, 2.45) is 0 Å². The van der Waals surface area contributed by atoms with Crippen LogP contribution in [0.4, 0.5) is 13.2 Å². The fourth-order valence-corrected chi connectivity index (χ4v) is 3.19. The lowest BCUT2D eigenvalue weighted by atomic mass is 10.2. The van der Waals surface area contributed by atoms with E-state index in [2.05, 4.69) is 0 Å². The number of aliphatic hydroxyl groups excluding tert-OH is 1. The Labute approximate surface area is 220 Å². The Balaban J connectivity index is 1.68. The van der Waals surface area contributed by atoms with Crippen LogP contribution in [0.2, 0.25) is 0 Å². The lowest BCUT2D eigenvalue weighted by Crippen LogP contribution is -2.10. The summed E-state index contributed by atoms with van der Waals surface area (Å²) in [5.41, 5.74) is 1.03. The number of carbonyl (C=O) groups excluding carboxylic acids is 2. The molecule has 0 radical (unpaired) electrons. The summed E-state index contributed by atoms with van der Waals surface area (Å²) >= 11 is 0. The van der Waals surface area contributed by atoms with E-state index in [1.807, 2.05) is 0 Å². The SMILES string of the molecule is CC(=O)OCCCCCCOC(O)/C=C/c1ccc(OC(=O)c2ccc(OCCCC(F)(F)F)cc2)cc1. The number of aliphatic hydroxyl groups is 1. The minimum Gasteiger partial charge on any atom is -0.494 e. The second-order valence-electron chi connectivity index (χ2n) is 8.42. The minimum absolute atomic E-state index is 0.0759. The zero-order chi connectivity index (χ0) is 27.8. The minimum atomic E-state index is -4.21. The summed E-state index contributed by atoms with van der Waals surface area (Å²) in [4.78, 5) is 23.0. The third-order valence-electron chi connectivity index (χ3n) is 5.14. The summed E-state index contributed by atoms with van der Waals surface area (Å²) in [6.07, 6.45) is 0.261. The maximum Gasteiger partial charge on any atom is 0.389 e. The Hall–Kier alpha value is -3.37. The third kappa shape index (κ3) is 13.8. The molecule has 1 N–H and O–H groups in total. The zero-order valence-electron chi connectivity index (χ0n) is 21.2. The van der Waals surface area contributed by atoms with Crippen LogP contribution in [0, 0.1) is 0 Å². The summed E-state index contributed by atoms with van der Waals surface area (Å²) in [6, 6.07) is 12.6. The van der Waals surface area contributed by atoms with Gasteiger partial charge in [-0.2, -0.15) is 13.2 Å². The average Bonchev–Trinajstić information content (AvgIpc) is 2.87. The van der Waals surface area contributed by atoms with Crippen LogP contribution >= 0.6 is 0 Å². The summed E-state index contributed by atoms with van der Waals surface area (Å²) in [6.45, 7) is 2.12. The molecule has 0 aliphatic heterocycles. The van der Waals surface area contributed by atoms with Gasteiger partial charge in [0.1, 0.15) is 11.5 Å². The van der Waals surface area contributed by atoms with Gasteiger partial charge < -0.3 is 24.1 Å². The lowest BCUT2D eigenvalue weighted by Gasteiger charge is -2.09. The van der Waals surface area contributed by atoms with E-state index in [0.29, 0.717) is 24.7 Å². The van der Waals surface area contributed by atoms with Gasteiger partial charge in [-0.05, 0) is 73.7 Å². The van der Waals surface area contributed by atoms with Gasteiger partial charge in [-0.25, -0.2) is 4.79 Å². The molecule has 0 aromatic heterocycles. The molecule has 0 aliphatic rings. The van der Waals surface area contributed by atoms with E-state index in [9.17, 15) is 27.9 Å². The molecule has 38 heavy (non-hydrogen) atoms. The van der Waals surface area contributed by atoms with Crippen molar-refractivity contribution < 1.29 is 46.8 Å². The van der Waals surface area contributed by atoms with Crippen molar-refractivity contribution in [2.45, 2.75) is 57.9 Å². The molecule has 2 aromatic carbocycles. The lowest BCUT2D eigenvalue weighted by molar-refractivity contribution is -0.141. The van der Waals surface area contributed by atoms with E-state index in [4.69, 9.17) is 18.9 Å². The molecule has 1 unspecified atom stereocenters. The largest absolute Gasteiger partial charge is 0.494 e. The van der Waals surface area contributed by atoms with E-state index in [1.165, 1.54) is 37.3 Å². The van der Waals surface area contributed by atoms with E-state index in [-0.39, 0.29) is 24.6 Å². The Morgan fingerprint density at radius 1 is 0.868 bits per heavy atom. The summed E-state index contributed by atoms with van der Waals surface area (Å²) in [5.74, 6) is -0.182. The molecule has 0 spiro atoms. The number of hydrogen-bond donors (Lipinski definition) is 1. The normalized spacial score (nSPS) is 12.3. The van der Waals surface area contributed by atoms with Gasteiger partial charge in [0.2, 0.25) is 0 Å². The Morgan fingerprint density at radius 2 is 1.50 bits per heavy atom. The van der Waals surface area contributed by atoms with E-state index < -0.39 is 24.9 Å². The molecule has 0 fully saturated rings. The number of carbonyl (C=O) groups is 2. The maximum atomic E-state index is 12.4.